The van der Waals surface area contributed by atoms with Crippen molar-refractivity contribution in [3.05, 3.63) is 33.6 Å². The molecule has 1 aliphatic heterocycles. The van der Waals surface area contributed by atoms with Gasteiger partial charge in [0.05, 0.1) is 4.92 Å². The van der Waals surface area contributed by atoms with Crippen LogP contribution in [0.4, 0.5) is 15.8 Å². The zero-order valence-electron chi connectivity index (χ0n) is 10.7. The summed E-state index contributed by atoms with van der Waals surface area (Å²) in [6, 6.07) is 1.78. The lowest BCUT2D eigenvalue weighted by Gasteiger charge is -2.34. The van der Waals surface area contributed by atoms with E-state index < -0.39 is 22.3 Å². The van der Waals surface area contributed by atoms with E-state index in [0.717, 1.165) is 23.6 Å². The molecule has 0 spiro atoms. The molecule has 1 heterocycles. The van der Waals surface area contributed by atoms with Crippen molar-refractivity contribution in [1.82, 2.24) is 0 Å². The Hall–Kier alpha value is -1.83. The molecule has 1 unspecified atom stereocenters. The predicted octanol–water partition coefficient (Wildman–Crippen LogP) is 2.37. The van der Waals surface area contributed by atoms with Crippen molar-refractivity contribution in [3.63, 3.8) is 0 Å². The Labute approximate surface area is 118 Å². The molecule has 0 amide bonds. The molecule has 1 N–H and O–H groups in total. The Balaban J connectivity index is 2.53. The number of aromatic carboxylic acids is 1. The number of halogens is 1. The van der Waals surface area contributed by atoms with E-state index >= 15 is 0 Å². The van der Waals surface area contributed by atoms with Gasteiger partial charge in [0.1, 0.15) is 17.1 Å². The number of rotatable bonds is 3. The molecule has 1 fully saturated rings. The van der Waals surface area contributed by atoms with Gasteiger partial charge in [-0.2, -0.15) is 11.8 Å². The average molecular weight is 300 g/mol. The molecular weight excluding hydrogens is 287 g/mol. The third-order valence-electron chi connectivity index (χ3n) is 3.17. The molecule has 0 aliphatic carbocycles. The molecule has 0 saturated carbocycles. The Morgan fingerprint density at radius 1 is 1.60 bits per heavy atom. The summed E-state index contributed by atoms with van der Waals surface area (Å²) in [5, 5.41) is 20.0. The van der Waals surface area contributed by atoms with E-state index in [9.17, 15) is 19.3 Å². The second-order valence-corrected chi connectivity index (χ2v) is 5.65. The fraction of sp³-hybridized carbons (Fsp3) is 0.417. The summed E-state index contributed by atoms with van der Waals surface area (Å²) in [5.41, 5.74) is -0.910. The van der Waals surface area contributed by atoms with Crippen LogP contribution in [0.25, 0.3) is 0 Å². The highest BCUT2D eigenvalue weighted by molar-refractivity contribution is 7.99. The standard InChI is InChI=1S/C12H13FN2O4S/c1-7-6-20-3-2-14(7)10-5-9(13)8(12(16)17)4-11(10)15(18)19/h4-5,7H,2-3,6H2,1H3,(H,16,17). The molecule has 1 atom stereocenters. The molecule has 1 aromatic carbocycles. The van der Waals surface area contributed by atoms with Gasteiger partial charge in [-0.1, -0.05) is 0 Å². The average Bonchev–Trinajstić information content (AvgIpc) is 2.38. The Kier molecular flexibility index (Phi) is 4.12. The molecule has 1 aliphatic rings. The van der Waals surface area contributed by atoms with Crippen molar-refractivity contribution in [3.8, 4) is 0 Å². The largest absolute Gasteiger partial charge is 0.478 e. The quantitative estimate of drug-likeness (QED) is 0.681. The van der Waals surface area contributed by atoms with Gasteiger partial charge in [-0.05, 0) is 6.92 Å². The van der Waals surface area contributed by atoms with Crippen molar-refractivity contribution in [2.45, 2.75) is 13.0 Å². The maximum Gasteiger partial charge on any atom is 0.338 e. The maximum atomic E-state index is 13.8. The normalized spacial score (nSPS) is 18.9. The molecule has 108 valence electrons. The highest BCUT2D eigenvalue weighted by Crippen LogP contribution is 2.34. The van der Waals surface area contributed by atoms with Crippen LogP contribution in [0.1, 0.15) is 17.3 Å². The molecule has 0 aromatic heterocycles. The van der Waals surface area contributed by atoms with Crippen LogP contribution in [0.5, 0.6) is 0 Å². The van der Waals surface area contributed by atoms with Gasteiger partial charge in [-0.3, -0.25) is 10.1 Å². The van der Waals surface area contributed by atoms with Crippen molar-refractivity contribution in [2.75, 3.05) is 23.0 Å². The molecule has 1 aromatic rings. The van der Waals surface area contributed by atoms with Crippen LogP contribution in [0.15, 0.2) is 12.1 Å². The monoisotopic (exact) mass is 300 g/mol. The summed E-state index contributed by atoms with van der Waals surface area (Å²) in [6.45, 7) is 2.47. The molecular formula is C12H13FN2O4S. The molecule has 1 saturated heterocycles. The van der Waals surface area contributed by atoms with E-state index in [1.807, 2.05) is 6.92 Å². The lowest BCUT2D eigenvalue weighted by atomic mass is 10.1. The van der Waals surface area contributed by atoms with Crippen LogP contribution in [0.2, 0.25) is 0 Å². The lowest BCUT2D eigenvalue weighted by Crippen LogP contribution is -2.40. The smallest absolute Gasteiger partial charge is 0.338 e. The highest BCUT2D eigenvalue weighted by atomic mass is 32.2. The topological polar surface area (TPSA) is 83.7 Å². The third-order valence-corrected chi connectivity index (χ3v) is 4.36. The minimum Gasteiger partial charge on any atom is -0.478 e. The van der Waals surface area contributed by atoms with Gasteiger partial charge < -0.3 is 10.0 Å². The number of carboxylic acid groups (broad SMARTS) is 1. The summed E-state index contributed by atoms with van der Waals surface area (Å²) in [6.07, 6.45) is 0. The number of hydrogen-bond acceptors (Lipinski definition) is 5. The Bertz CT molecular complexity index is 567. The number of nitro benzene ring substituents is 1. The van der Waals surface area contributed by atoms with Crippen molar-refractivity contribution < 1.29 is 19.2 Å². The van der Waals surface area contributed by atoms with E-state index in [1.54, 1.807) is 16.7 Å². The molecule has 6 nitrogen and oxygen atoms in total. The van der Waals surface area contributed by atoms with Gasteiger partial charge in [0, 0.05) is 36.2 Å². The number of hydrogen-bond donors (Lipinski definition) is 1. The minimum absolute atomic E-state index is 0.0301. The molecule has 20 heavy (non-hydrogen) atoms. The zero-order chi connectivity index (χ0) is 14.9. The van der Waals surface area contributed by atoms with Gasteiger partial charge in [0.15, 0.2) is 0 Å². The van der Waals surface area contributed by atoms with E-state index in [2.05, 4.69) is 0 Å². The number of carbonyl (C=O) groups is 1. The number of anilines is 1. The number of thioether (sulfide) groups is 1. The van der Waals surface area contributed by atoms with Gasteiger partial charge in [-0.25, -0.2) is 9.18 Å². The van der Waals surface area contributed by atoms with Crippen molar-refractivity contribution in [1.29, 1.82) is 0 Å². The first kappa shape index (κ1) is 14.6. The SMILES string of the molecule is CC1CSCCN1c1cc(F)c(C(=O)O)cc1[N+](=O)[O-]. The Morgan fingerprint density at radius 3 is 2.85 bits per heavy atom. The summed E-state index contributed by atoms with van der Waals surface area (Å²) in [4.78, 5) is 23.1. The summed E-state index contributed by atoms with van der Waals surface area (Å²) >= 11 is 1.73. The van der Waals surface area contributed by atoms with Gasteiger partial charge >= 0.3 is 5.97 Å². The Morgan fingerprint density at radius 2 is 2.30 bits per heavy atom. The molecule has 8 heteroatoms. The molecule has 2 rings (SSSR count). The zero-order valence-corrected chi connectivity index (χ0v) is 11.5. The number of nitro groups is 1. The maximum absolute atomic E-state index is 13.8. The third kappa shape index (κ3) is 2.69. The van der Waals surface area contributed by atoms with Crippen molar-refractivity contribution in [2.24, 2.45) is 0 Å². The number of nitrogens with zero attached hydrogens (tertiary/aromatic N) is 2. The first-order valence-electron chi connectivity index (χ1n) is 5.97. The van der Waals surface area contributed by atoms with Crippen LogP contribution in [0.3, 0.4) is 0 Å². The second-order valence-electron chi connectivity index (χ2n) is 4.50. The number of carboxylic acids is 1. The van der Waals surface area contributed by atoms with Gasteiger partial charge in [-0.15, -0.1) is 0 Å². The fourth-order valence-corrected chi connectivity index (χ4v) is 3.19. The lowest BCUT2D eigenvalue weighted by molar-refractivity contribution is -0.384. The van der Waals surface area contributed by atoms with Crippen LogP contribution in [-0.2, 0) is 0 Å². The molecule has 0 radical (unpaired) electrons. The fourth-order valence-electron chi connectivity index (χ4n) is 2.18. The van der Waals surface area contributed by atoms with E-state index in [1.165, 1.54) is 0 Å². The van der Waals surface area contributed by atoms with E-state index in [0.29, 0.717) is 6.54 Å². The minimum atomic E-state index is -1.51. The van der Waals surface area contributed by atoms with E-state index in [4.69, 9.17) is 5.11 Å². The van der Waals surface area contributed by atoms with Crippen molar-refractivity contribution >= 4 is 29.1 Å². The number of benzene rings is 1. The predicted molar refractivity (Wildman–Crippen MR) is 74.1 cm³/mol. The summed E-state index contributed by atoms with van der Waals surface area (Å²) < 4.78 is 13.8. The summed E-state index contributed by atoms with van der Waals surface area (Å²) in [5.74, 6) is -0.883. The van der Waals surface area contributed by atoms with Gasteiger partial charge in [0.2, 0.25) is 0 Å². The van der Waals surface area contributed by atoms with Crippen LogP contribution >= 0.6 is 11.8 Å². The summed E-state index contributed by atoms with van der Waals surface area (Å²) in [7, 11) is 0. The first-order chi connectivity index (χ1) is 9.41. The highest BCUT2D eigenvalue weighted by Gasteiger charge is 2.29. The second kappa shape index (κ2) is 5.66. The van der Waals surface area contributed by atoms with Gasteiger partial charge in [0.25, 0.3) is 5.69 Å². The van der Waals surface area contributed by atoms with Crippen LogP contribution in [-0.4, -0.2) is 40.1 Å². The van der Waals surface area contributed by atoms with E-state index in [-0.39, 0.29) is 17.4 Å². The molecule has 0 bridgehead atoms. The van der Waals surface area contributed by atoms with Crippen LogP contribution in [0, 0.1) is 15.9 Å². The first-order valence-corrected chi connectivity index (χ1v) is 7.13. The van der Waals surface area contributed by atoms with Crippen LogP contribution < -0.4 is 4.90 Å².